The summed E-state index contributed by atoms with van der Waals surface area (Å²) in [6.45, 7) is 13.2. The van der Waals surface area contributed by atoms with E-state index in [1.54, 1.807) is 0 Å². The van der Waals surface area contributed by atoms with Crippen molar-refractivity contribution in [1.82, 2.24) is 0 Å². The van der Waals surface area contributed by atoms with E-state index in [0.717, 1.165) is 110 Å². The Morgan fingerprint density at radius 1 is 0.463 bits per heavy atom. The summed E-state index contributed by atoms with van der Waals surface area (Å²) < 4.78 is 54.2. The first-order valence-corrected chi connectivity index (χ1v) is 20.9. The molecule has 0 bridgehead atoms. The van der Waals surface area contributed by atoms with Crippen LogP contribution in [0.4, 0.5) is 0 Å². The van der Waals surface area contributed by atoms with E-state index in [0.29, 0.717) is 12.8 Å². The van der Waals surface area contributed by atoms with E-state index in [9.17, 15) is 18.9 Å². The van der Waals surface area contributed by atoms with Gasteiger partial charge in [0.05, 0.1) is 21.0 Å². The SMILES string of the molecule is CCCCCCCCOP(=O)(OCCCCCCCC)OP(=O)([O-])[O-].CCCC[O][Ti+2]([O]CCCC)[O]CCCC. The second-order valence-electron chi connectivity index (χ2n) is 10.0. The van der Waals surface area contributed by atoms with Crippen molar-refractivity contribution in [2.24, 2.45) is 0 Å². The van der Waals surface area contributed by atoms with Gasteiger partial charge in [-0.05, 0) is 12.8 Å². The zero-order chi connectivity index (χ0) is 31.1. The third-order valence-corrected chi connectivity index (χ3v) is 10.5. The molecule has 0 spiro atoms. The Morgan fingerprint density at radius 2 is 0.780 bits per heavy atom. The molecule has 0 aromatic rings. The molecule has 247 valence electrons. The average Bonchev–Trinajstić information content (AvgIpc) is 2.91. The number of hydrogen-bond acceptors (Lipinski definition) is 10. The summed E-state index contributed by atoms with van der Waals surface area (Å²) in [5.74, 6) is 0. The van der Waals surface area contributed by atoms with E-state index in [1.165, 1.54) is 12.8 Å². The zero-order valence-electron chi connectivity index (χ0n) is 26.7. The summed E-state index contributed by atoms with van der Waals surface area (Å²) in [6.07, 6.45) is 18.7. The third kappa shape index (κ3) is 35.2. The zero-order valence-corrected chi connectivity index (χ0v) is 30.1. The molecule has 0 atom stereocenters. The van der Waals surface area contributed by atoms with Crippen LogP contribution in [0.1, 0.15) is 150 Å². The van der Waals surface area contributed by atoms with E-state index in [1.807, 2.05) is 0 Å². The van der Waals surface area contributed by atoms with Gasteiger partial charge in [-0.25, -0.2) is 4.57 Å². The van der Waals surface area contributed by atoms with Crippen LogP contribution in [0, 0.1) is 0 Å². The van der Waals surface area contributed by atoms with E-state index in [4.69, 9.17) is 19.0 Å². The summed E-state index contributed by atoms with van der Waals surface area (Å²) >= 11 is -2.10. The van der Waals surface area contributed by atoms with Gasteiger partial charge in [0, 0.05) is 0 Å². The first kappa shape index (κ1) is 44.0. The summed E-state index contributed by atoms with van der Waals surface area (Å²) in [4.78, 5) is 21.6. The van der Waals surface area contributed by atoms with Crippen molar-refractivity contribution in [2.75, 3.05) is 33.0 Å². The monoisotopic (exact) mass is 667 g/mol. The van der Waals surface area contributed by atoms with Crippen LogP contribution in [0.25, 0.3) is 0 Å². The Kier molecular flexibility index (Phi) is 34.6. The maximum atomic E-state index is 12.3. The van der Waals surface area contributed by atoms with E-state index < -0.39 is 34.7 Å². The van der Waals surface area contributed by atoms with Crippen molar-refractivity contribution < 1.29 is 61.3 Å². The molecule has 0 rings (SSSR count). The normalized spacial score (nSPS) is 11.9. The molecule has 13 heteroatoms. The predicted molar refractivity (Wildman–Crippen MR) is 158 cm³/mol. The van der Waals surface area contributed by atoms with Crippen molar-refractivity contribution in [1.29, 1.82) is 0 Å². The van der Waals surface area contributed by atoms with Crippen LogP contribution < -0.4 is 9.79 Å². The van der Waals surface area contributed by atoms with Gasteiger partial charge in [-0.1, -0.05) is 78.1 Å². The third-order valence-electron chi connectivity index (χ3n) is 5.85. The maximum absolute atomic E-state index is 12.3. The fourth-order valence-electron chi connectivity index (χ4n) is 3.35. The van der Waals surface area contributed by atoms with Crippen molar-refractivity contribution in [3.8, 4) is 0 Å². The van der Waals surface area contributed by atoms with Gasteiger partial charge in [-0.15, -0.1) is 0 Å². The predicted octanol–water partition coefficient (Wildman–Crippen LogP) is 8.49. The fraction of sp³-hybridized carbons (Fsp3) is 1.00. The topological polar surface area (TPSA) is 136 Å². The second kappa shape index (κ2) is 32.3. The summed E-state index contributed by atoms with van der Waals surface area (Å²) in [5.41, 5.74) is 0. The molecule has 0 amide bonds. The standard InChI is InChI=1S/C16H36O7P2.3C4H9O.Ti/c1-3-5-7-9-11-13-15-21-25(20,23-24(17,18)19)22-16-14-12-10-8-6-4-2;3*1-2-3-4-5;/h3-16H2,1-2H3,(H2,17,18,19);3*2-4H2,1H3;/q;3*-1;+5/p-2. The van der Waals surface area contributed by atoms with E-state index in [2.05, 4.69) is 38.9 Å². The van der Waals surface area contributed by atoms with E-state index >= 15 is 0 Å². The Balaban J connectivity index is 0. The number of hydrogen-bond donors (Lipinski definition) is 0. The number of phosphoric ester groups is 1. The van der Waals surface area contributed by atoms with Gasteiger partial charge in [-0.2, -0.15) is 0 Å². The first-order valence-electron chi connectivity index (χ1n) is 16.1. The Bertz CT molecular complexity index is 579. The summed E-state index contributed by atoms with van der Waals surface area (Å²) in [5, 5.41) is 0. The van der Waals surface area contributed by atoms with Crippen LogP contribution in [0.15, 0.2) is 0 Å². The minimum atomic E-state index is -5.44. The van der Waals surface area contributed by atoms with E-state index in [-0.39, 0.29) is 13.2 Å². The van der Waals surface area contributed by atoms with Gasteiger partial charge in [0.15, 0.2) is 0 Å². The molecule has 0 aliphatic rings. The molecule has 0 unspecified atom stereocenters. The quantitative estimate of drug-likeness (QED) is 0.0417. The number of rotatable bonds is 30. The van der Waals surface area contributed by atoms with Crippen LogP contribution >= 0.6 is 15.6 Å². The Morgan fingerprint density at radius 3 is 1.10 bits per heavy atom. The average molecular weight is 668 g/mol. The summed E-state index contributed by atoms with van der Waals surface area (Å²) in [6, 6.07) is 0. The fourth-order valence-corrected chi connectivity index (χ4v) is 7.33. The van der Waals surface area contributed by atoms with Gasteiger partial charge in [0.2, 0.25) is 0 Å². The first-order chi connectivity index (χ1) is 19.7. The summed E-state index contributed by atoms with van der Waals surface area (Å²) in [7, 11) is -9.79. The van der Waals surface area contributed by atoms with Crippen molar-refractivity contribution in [3.63, 3.8) is 0 Å². The van der Waals surface area contributed by atoms with Gasteiger partial charge < -0.3 is 14.4 Å². The Labute approximate surface area is 259 Å². The van der Waals surface area contributed by atoms with Crippen LogP contribution in [0.3, 0.4) is 0 Å². The molecule has 0 radical (unpaired) electrons. The molecule has 0 aliphatic heterocycles. The molecule has 0 N–H and O–H groups in total. The van der Waals surface area contributed by atoms with Crippen LogP contribution in [0.5, 0.6) is 0 Å². The van der Waals surface area contributed by atoms with Crippen LogP contribution in [0.2, 0.25) is 0 Å². The molecular weight excluding hydrogens is 606 g/mol. The van der Waals surface area contributed by atoms with Gasteiger partial charge in [0.25, 0.3) is 0 Å². The van der Waals surface area contributed by atoms with Gasteiger partial charge >= 0.3 is 116 Å². The van der Waals surface area contributed by atoms with Crippen molar-refractivity contribution >= 4 is 15.6 Å². The molecule has 0 heterocycles. The molecule has 0 aromatic carbocycles. The molecule has 0 aliphatic carbocycles. The molecule has 10 nitrogen and oxygen atoms in total. The molecule has 0 saturated carbocycles. The van der Waals surface area contributed by atoms with Gasteiger partial charge in [0.1, 0.15) is 0 Å². The van der Waals surface area contributed by atoms with Crippen molar-refractivity contribution in [2.45, 2.75) is 150 Å². The molecule has 0 saturated heterocycles. The number of unbranched alkanes of at least 4 members (excludes halogenated alkanes) is 13. The van der Waals surface area contributed by atoms with Crippen LogP contribution in [-0.2, 0) is 51.5 Å². The molecular formula is C28H61O10P2Ti. The number of phosphoric acid groups is 2. The molecule has 0 aromatic heterocycles. The van der Waals surface area contributed by atoms with Crippen molar-refractivity contribution in [3.05, 3.63) is 0 Å². The van der Waals surface area contributed by atoms with Gasteiger partial charge in [-0.3, -0.25) is 13.4 Å². The minimum absolute atomic E-state index is 0.0416. The second-order valence-corrected chi connectivity index (χ2v) is 15.1. The van der Waals surface area contributed by atoms with Crippen LogP contribution in [-0.4, -0.2) is 33.0 Å². The Hall–Kier alpha value is 0.854. The molecule has 41 heavy (non-hydrogen) atoms. The molecule has 0 fully saturated rings.